The van der Waals surface area contributed by atoms with Gasteiger partial charge in [0.15, 0.2) is 9.84 Å². The number of anilines is 1. The molecular formula is C20H23BrN2O3S. The number of benzene rings is 2. The summed E-state index contributed by atoms with van der Waals surface area (Å²) >= 11 is 3.37. The highest BCUT2D eigenvalue weighted by Gasteiger charge is 2.22. The van der Waals surface area contributed by atoms with Crippen molar-refractivity contribution in [3.8, 4) is 0 Å². The van der Waals surface area contributed by atoms with Crippen molar-refractivity contribution in [1.29, 1.82) is 0 Å². The highest BCUT2D eigenvalue weighted by atomic mass is 79.9. The topological polar surface area (TPSA) is 66.5 Å². The van der Waals surface area contributed by atoms with Gasteiger partial charge in [-0.2, -0.15) is 0 Å². The summed E-state index contributed by atoms with van der Waals surface area (Å²) < 4.78 is 24.8. The van der Waals surface area contributed by atoms with Crippen LogP contribution in [0.15, 0.2) is 57.9 Å². The van der Waals surface area contributed by atoms with Crippen LogP contribution in [0.2, 0.25) is 0 Å². The number of halogens is 1. The van der Waals surface area contributed by atoms with Gasteiger partial charge in [0, 0.05) is 34.9 Å². The second-order valence-electron chi connectivity index (χ2n) is 6.64. The normalized spacial score (nSPS) is 15.6. The van der Waals surface area contributed by atoms with E-state index in [9.17, 15) is 13.2 Å². The van der Waals surface area contributed by atoms with Crippen LogP contribution in [0.1, 0.15) is 30.1 Å². The zero-order valence-corrected chi connectivity index (χ0v) is 17.6. The lowest BCUT2D eigenvalue weighted by Crippen LogP contribution is -2.44. The van der Waals surface area contributed by atoms with E-state index < -0.39 is 9.84 Å². The minimum Gasteiger partial charge on any atom is -0.371 e. The molecule has 144 valence electrons. The number of hydrogen-bond donors (Lipinski definition) is 1. The fraction of sp³-hybridized carbons (Fsp3) is 0.350. The van der Waals surface area contributed by atoms with Crippen molar-refractivity contribution in [3.63, 3.8) is 0 Å². The third-order valence-electron chi connectivity index (χ3n) is 4.88. The molecule has 1 aliphatic heterocycles. The molecule has 0 spiro atoms. The molecule has 1 fully saturated rings. The van der Waals surface area contributed by atoms with Crippen LogP contribution in [-0.4, -0.2) is 39.2 Å². The number of piperidine rings is 1. The highest BCUT2D eigenvalue weighted by Crippen LogP contribution is 2.23. The minimum absolute atomic E-state index is 0.0462. The van der Waals surface area contributed by atoms with Crippen molar-refractivity contribution in [3.05, 3.63) is 58.6 Å². The molecule has 0 radical (unpaired) electrons. The molecule has 1 heterocycles. The minimum atomic E-state index is -3.17. The number of carbonyl (C=O) groups is 1. The Bertz CT molecular complexity index is 888. The molecule has 0 aliphatic carbocycles. The van der Waals surface area contributed by atoms with Crippen LogP contribution in [0.4, 0.5) is 5.69 Å². The van der Waals surface area contributed by atoms with Crippen molar-refractivity contribution < 1.29 is 13.2 Å². The summed E-state index contributed by atoms with van der Waals surface area (Å²) in [5.74, 6) is 0.0607. The predicted octanol–water partition coefficient (Wildman–Crippen LogP) is 3.64. The first-order valence-corrected chi connectivity index (χ1v) is 11.5. The Balaban J connectivity index is 1.55. The van der Waals surface area contributed by atoms with E-state index in [4.69, 9.17) is 0 Å². The van der Waals surface area contributed by atoms with Gasteiger partial charge in [0.1, 0.15) is 0 Å². The Hall–Kier alpha value is -1.86. The van der Waals surface area contributed by atoms with Crippen molar-refractivity contribution in [2.24, 2.45) is 0 Å². The van der Waals surface area contributed by atoms with Crippen LogP contribution in [0.25, 0.3) is 0 Å². The molecule has 0 aromatic heterocycles. The Morgan fingerprint density at radius 3 is 2.22 bits per heavy atom. The molecular weight excluding hydrogens is 428 g/mol. The van der Waals surface area contributed by atoms with Crippen LogP contribution in [0, 0.1) is 0 Å². The molecule has 7 heteroatoms. The molecule has 1 saturated heterocycles. The fourth-order valence-electron chi connectivity index (χ4n) is 3.18. The van der Waals surface area contributed by atoms with Crippen molar-refractivity contribution in [2.75, 3.05) is 23.7 Å². The molecule has 2 aromatic rings. The van der Waals surface area contributed by atoms with E-state index in [0.717, 1.165) is 36.1 Å². The SMILES string of the molecule is CCS(=O)(=O)c1ccc(N2CCC(NC(=O)c3ccc(Br)cc3)CC2)cc1. The number of hydrogen-bond acceptors (Lipinski definition) is 4. The number of carbonyl (C=O) groups excluding carboxylic acids is 1. The van der Waals surface area contributed by atoms with E-state index in [1.165, 1.54) is 0 Å². The molecule has 3 rings (SSSR count). The number of nitrogens with zero attached hydrogens (tertiary/aromatic N) is 1. The summed E-state index contributed by atoms with van der Waals surface area (Å²) in [6.45, 7) is 3.30. The molecule has 0 atom stereocenters. The Morgan fingerprint density at radius 2 is 1.67 bits per heavy atom. The highest BCUT2D eigenvalue weighted by molar-refractivity contribution is 9.10. The zero-order chi connectivity index (χ0) is 19.4. The second kappa shape index (κ2) is 8.44. The standard InChI is InChI=1S/C20H23BrN2O3S/c1-2-27(25,26)19-9-7-18(8-10-19)23-13-11-17(12-14-23)22-20(24)15-3-5-16(21)6-4-15/h3-10,17H,2,11-14H2,1H3,(H,22,24). The monoisotopic (exact) mass is 450 g/mol. The molecule has 1 N–H and O–H groups in total. The fourth-order valence-corrected chi connectivity index (χ4v) is 4.33. The Labute approximate surface area is 168 Å². The number of amides is 1. The zero-order valence-electron chi connectivity index (χ0n) is 15.2. The number of nitrogens with one attached hydrogen (secondary N) is 1. The summed E-state index contributed by atoms with van der Waals surface area (Å²) in [5.41, 5.74) is 1.68. The van der Waals surface area contributed by atoms with Gasteiger partial charge < -0.3 is 10.2 Å². The van der Waals surface area contributed by atoms with Gasteiger partial charge in [-0.1, -0.05) is 22.9 Å². The maximum Gasteiger partial charge on any atom is 0.251 e. The first kappa shape index (κ1) is 19.9. The first-order valence-electron chi connectivity index (χ1n) is 9.03. The quantitative estimate of drug-likeness (QED) is 0.754. The molecule has 5 nitrogen and oxygen atoms in total. The maximum absolute atomic E-state index is 12.3. The summed E-state index contributed by atoms with van der Waals surface area (Å²) in [5, 5.41) is 3.10. The van der Waals surface area contributed by atoms with E-state index >= 15 is 0 Å². The van der Waals surface area contributed by atoms with Gasteiger partial charge in [-0.05, 0) is 61.4 Å². The third-order valence-corrected chi connectivity index (χ3v) is 7.16. The first-order chi connectivity index (χ1) is 12.9. The van der Waals surface area contributed by atoms with E-state index in [1.807, 2.05) is 24.3 Å². The Kier molecular flexibility index (Phi) is 6.22. The van der Waals surface area contributed by atoms with Crippen molar-refractivity contribution in [2.45, 2.75) is 30.7 Å². The van der Waals surface area contributed by atoms with Crippen LogP contribution in [-0.2, 0) is 9.84 Å². The van der Waals surface area contributed by atoms with E-state index in [0.29, 0.717) is 10.5 Å². The van der Waals surface area contributed by atoms with Gasteiger partial charge in [0.2, 0.25) is 0 Å². The van der Waals surface area contributed by atoms with Crippen LogP contribution >= 0.6 is 15.9 Å². The second-order valence-corrected chi connectivity index (χ2v) is 9.83. The Morgan fingerprint density at radius 1 is 1.07 bits per heavy atom. The van der Waals surface area contributed by atoms with Crippen molar-refractivity contribution >= 4 is 37.4 Å². The summed E-state index contributed by atoms with van der Waals surface area (Å²) in [6, 6.07) is 14.6. The molecule has 1 aliphatic rings. The lowest BCUT2D eigenvalue weighted by Gasteiger charge is -2.34. The molecule has 0 unspecified atom stereocenters. The summed E-state index contributed by atoms with van der Waals surface area (Å²) in [6.07, 6.45) is 1.72. The summed E-state index contributed by atoms with van der Waals surface area (Å²) in [4.78, 5) is 14.9. The van der Waals surface area contributed by atoms with E-state index in [1.54, 1.807) is 31.2 Å². The van der Waals surface area contributed by atoms with Gasteiger partial charge in [0.25, 0.3) is 5.91 Å². The smallest absolute Gasteiger partial charge is 0.251 e. The summed E-state index contributed by atoms with van der Waals surface area (Å²) in [7, 11) is -3.17. The third kappa shape index (κ3) is 4.90. The molecule has 1 amide bonds. The van der Waals surface area contributed by atoms with Gasteiger partial charge in [-0.25, -0.2) is 8.42 Å². The molecule has 0 bridgehead atoms. The number of rotatable bonds is 5. The molecule has 0 saturated carbocycles. The van der Waals surface area contributed by atoms with Crippen LogP contribution < -0.4 is 10.2 Å². The van der Waals surface area contributed by atoms with E-state index in [-0.39, 0.29) is 17.7 Å². The lowest BCUT2D eigenvalue weighted by molar-refractivity contribution is 0.0931. The van der Waals surface area contributed by atoms with E-state index in [2.05, 4.69) is 26.1 Å². The van der Waals surface area contributed by atoms with Gasteiger partial charge in [-0.15, -0.1) is 0 Å². The molecule has 27 heavy (non-hydrogen) atoms. The van der Waals surface area contributed by atoms with Gasteiger partial charge in [-0.3, -0.25) is 4.79 Å². The largest absolute Gasteiger partial charge is 0.371 e. The average Bonchev–Trinajstić information content (AvgIpc) is 2.69. The number of sulfone groups is 1. The van der Waals surface area contributed by atoms with Crippen LogP contribution in [0.3, 0.4) is 0 Å². The van der Waals surface area contributed by atoms with Crippen LogP contribution in [0.5, 0.6) is 0 Å². The average molecular weight is 451 g/mol. The van der Waals surface area contributed by atoms with Crippen molar-refractivity contribution in [1.82, 2.24) is 5.32 Å². The maximum atomic E-state index is 12.3. The lowest BCUT2D eigenvalue weighted by atomic mass is 10.0. The predicted molar refractivity (Wildman–Crippen MR) is 111 cm³/mol. The van der Waals surface area contributed by atoms with Gasteiger partial charge in [0.05, 0.1) is 10.6 Å². The molecule has 2 aromatic carbocycles. The van der Waals surface area contributed by atoms with Gasteiger partial charge >= 0.3 is 0 Å².